The van der Waals surface area contributed by atoms with E-state index in [0.717, 1.165) is 16.7 Å². The fourth-order valence-electron chi connectivity index (χ4n) is 3.41. The highest BCUT2D eigenvalue weighted by Gasteiger charge is 2.54. The summed E-state index contributed by atoms with van der Waals surface area (Å²) in [5, 5.41) is -0.925. The number of rotatable bonds is 7. The zero-order valence-corrected chi connectivity index (χ0v) is 16.1. The molecular formula is C23H22O3P+. The van der Waals surface area contributed by atoms with Crippen LogP contribution < -0.4 is 0 Å². The lowest BCUT2D eigenvalue weighted by molar-refractivity contribution is -0.139. The summed E-state index contributed by atoms with van der Waals surface area (Å²) in [6, 6.07) is 29.2. The summed E-state index contributed by atoms with van der Waals surface area (Å²) in [5.41, 5.74) is 2.69. The van der Waals surface area contributed by atoms with Crippen LogP contribution in [0.3, 0.4) is 0 Å². The van der Waals surface area contributed by atoms with Gasteiger partial charge >= 0.3 is 13.8 Å². The molecule has 0 heterocycles. The van der Waals surface area contributed by atoms with E-state index < -0.39 is 18.9 Å². The van der Waals surface area contributed by atoms with Crippen molar-refractivity contribution < 1.29 is 14.1 Å². The van der Waals surface area contributed by atoms with Crippen LogP contribution >= 0.6 is 7.80 Å². The second-order valence-electron chi connectivity index (χ2n) is 6.15. The van der Waals surface area contributed by atoms with Crippen molar-refractivity contribution in [3.8, 4) is 0 Å². The van der Waals surface area contributed by atoms with E-state index in [1.807, 2.05) is 91.0 Å². The maximum Gasteiger partial charge on any atom is 0.371 e. The predicted molar refractivity (Wildman–Crippen MR) is 108 cm³/mol. The topological polar surface area (TPSA) is 43.4 Å². The molecule has 0 saturated carbocycles. The highest BCUT2D eigenvalue weighted by atomic mass is 31.1. The Morgan fingerprint density at radius 3 is 1.48 bits per heavy atom. The SMILES string of the molecule is CCOC(=O)C[P+](=O)C(c1ccccc1)(c1ccccc1)c1ccccc1. The minimum Gasteiger partial charge on any atom is -0.463 e. The minimum atomic E-state index is -2.03. The molecule has 0 aliphatic carbocycles. The summed E-state index contributed by atoms with van der Waals surface area (Å²) >= 11 is 0. The van der Waals surface area contributed by atoms with Gasteiger partial charge in [-0.15, -0.1) is 0 Å². The van der Waals surface area contributed by atoms with Crippen molar-refractivity contribution >= 4 is 13.8 Å². The molecular weight excluding hydrogens is 355 g/mol. The first-order valence-electron chi connectivity index (χ1n) is 8.96. The molecule has 136 valence electrons. The normalized spacial score (nSPS) is 11.7. The van der Waals surface area contributed by atoms with Crippen molar-refractivity contribution in [2.24, 2.45) is 0 Å². The van der Waals surface area contributed by atoms with Crippen LogP contribution in [-0.2, 0) is 19.3 Å². The van der Waals surface area contributed by atoms with Gasteiger partial charge in [0, 0.05) is 16.7 Å². The first kappa shape index (κ1) is 19.0. The number of esters is 1. The van der Waals surface area contributed by atoms with Crippen LogP contribution in [0.1, 0.15) is 23.6 Å². The predicted octanol–water partition coefficient (Wildman–Crippen LogP) is 5.37. The van der Waals surface area contributed by atoms with Crippen LogP contribution in [0.2, 0.25) is 0 Å². The van der Waals surface area contributed by atoms with E-state index in [-0.39, 0.29) is 12.8 Å². The summed E-state index contributed by atoms with van der Waals surface area (Å²) in [6.07, 6.45) is -0.137. The van der Waals surface area contributed by atoms with Crippen molar-refractivity contribution in [2.45, 2.75) is 12.1 Å². The van der Waals surface area contributed by atoms with E-state index in [0.29, 0.717) is 0 Å². The Labute approximate surface area is 160 Å². The second kappa shape index (κ2) is 8.75. The molecule has 0 aliphatic rings. The van der Waals surface area contributed by atoms with Crippen molar-refractivity contribution in [3.63, 3.8) is 0 Å². The lowest BCUT2D eigenvalue weighted by atomic mass is 9.84. The van der Waals surface area contributed by atoms with Crippen LogP contribution in [-0.4, -0.2) is 18.7 Å². The van der Waals surface area contributed by atoms with Gasteiger partial charge in [-0.3, -0.25) is 0 Å². The third kappa shape index (κ3) is 3.84. The molecule has 1 atom stereocenters. The van der Waals surface area contributed by atoms with Gasteiger partial charge in [0.1, 0.15) is 0 Å². The van der Waals surface area contributed by atoms with Gasteiger partial charge in [0.25, 0.3) is 0 Å². The molecule has 0 aliphatic heterocycles. The minimum absolute atomic E-state index is 0.137. The van der Waals surface area contributed by atoms with Gasteiger partial charge in [-0.25, -0.2) is 4.79 Å². The number of benzene rings is 3. The largest absolute Gasteiger partial charge is 0.463 e. The van der Waals surface area contributed by atoms with Gasteiger partial charge in [0.2, 0.25) is 11.3 Å². The number of ether oxygens (including phenoxy) is 1. The molecule has 0 N–H and O–H groups in total. The molecule has 0 radical (unpaired) electrons. The maximum absolute atomic E-state index is 13.8. The summed E-state index contributed by atoms with van der Waals surface area (Å²) in [6.45, 7) is 2.03. The number of carbonyl (C=O) groups is 1. The fraction of sp³-hybridized carbons (Fsp3) is 0.174. The van der Waals surface area contributed by atoms with E-state index in [2.05, 4.69) is 0 Å². The van der Waals surface area contributed by atoms with Crippen molar-refractivity contribution in [1.29, 1.82) is 0 Å². The average molecular weight is 377 g/mol. The van der Waals surface area contributed by atoms with Gasteiger partial charge in [0.05, 0.1) is 6.61 Å². The molecule has 4 heteroatoms. The van der Waals surface area contributed by atoms with Crippen LogP contribution in [0.4, 0.5) is 0 Å². The molecule has 3 aromatic carbocycles. The van der Waals surface area contributed by atoms with Gasteiger partial charge in [-0.05, 0) is 6.92 Å². The quantitative estimate of drug-likeness (QED) is 0.316. The maximum atomic E-state index is 13.8. The molecule has 0 bridgehead atoms. The Morgan fingerprint density at radius 2 is 1.15 bits per heavy atom. The smallest absolute Gasteiger partial charge is 0.371 e. The van der Waals surface area contributed by atoms with Gasteiger partial charge in [0.15, 0.2) is 0 Å². The Kier molecular flexibility index (Phi) is 6.16. The molecule has 0 spiro atoms. The number of carbonyl (C=O) groups excluding carboxylic acids is 1. The first-order valence-corrected chi connectivity index (χ1v) is 10.4. The highest BCUT2D eigenvalue weighted by molar-refractivity contribution is 7.47. The molecule has 3 nitrogen and oxygen atoms in total. The Morgan fingerprint density at radius 1 is 0.778 bits per heavy atom. The van der Waals surface area contributed by atoms with Crippen LogP contribution in [0.15, 0.2) is 91.0 Å². The highest BCUT2D eigenvalue weighted by Crippen LogP contribution is 2.56. The Bertz CT molecular complexity index is 796. The second-order valence-corrected chi connectivity index (χ2v) is 7.89. The van der Waals surface area contributed by atoms with Gasteiger partial charge < -0.3 is 4.74 Å². The van der Waals surface area contributed by atoms with E-state index in [1.165, 1.54) is 0 Å². The molecule has 0 aromatic heterocycles. The summed E-state index contributed by atoms with van der Waals surface area (Å²) in [7, 11) is -2.03. The Hall–Kier alpha value is -2.77. The molecule has 0 saturated heterocycles. The third-order valence-electron chi connectivity index (χ3n) is 4.53. The zero-order valence-electron chi connectivity index (χ0n) is 15.2. The van der Waals surface area contributed by atoms with Gasteiger partial charge in [-0.1, -0.05) is 95.6 Å². The lowest BCUT2D eigenvalue weighted by Gasteiger charge is -2.26. The molecule has 3 aromatic rings. The first-order chi connectivity index (χ1) is 13.2. The number of hydrogen-bond acceptors (Lipinski definition) is 3. The summed E-state index contributed by atoms with van der Waals surface area (Å²) < 4.78 is 18.9. The lowest BCUT2D eigenvalue weighted by Crippen LogP contribution is -2.27. The van der Waals surface area contributed by atoms with Crippen molar-refractivity contribution in [1.82, 2.24) is 0 Å². The number of hydrogen-bond donors (Lipinski definition) is 0. The standard InChI is InChI=1S/C23H22O3P/c1-2-26-22(24)18-27(25)23(19-12-6-3-7-13-19,20-14-8-4-9-15-20)21-16-10-5-11-17-21/h3-17H,2,18H2,1H3/q+1. The fourth-order valence-corrected chi connectivity index (χ4v) is 5.29. The van der Waals surface area contributed by atoms with Gasteiger partial charge in [-0.2, -0.15) is 0 Å². The third-order valence-corrected chi connectivity index (χ3v) is 6.60. The van der Waals surface area contributed by atoms with Crippen LogP contribution in [0.5, 0.6) is 0 Å². The monoisotopic (exact) mass is 377 g/mol. The van der Waals surface area contributed by atoms with Crippen LogP contribution in [0.25, 0.3) is 0 Å². The molecule has 1 unspecified atom stereocenters. The van der Waals surface area contributed by atoms with Crippen LogP contribution in [0, 0.1) is 0 Å². The van der Waals surface area contributed by atoms with E-state index in [4.69, 9.17) is 4.74 Å². The molecule has 3 rings (SSSR count). The molecule has 0 fully saturated rings. The molecule has 27 heavy (non-hydrogen) atoms. The summed E-state index contributed by atoms with van der Waals surface area (Å²) in [4.78, 5) is 12.2. The zero-order chi connectivity index (χ0) is 19.1. The van der Waals surface area contributed by atoms with Crippen molar-refractivity contribution in [3.05, 3.63) is 108 Å². The van der Waals surface area contributed by atoms with Crippen molar-refractivity contribution in [2.75, 3.05) is 12.8 Å². The summed E-state index contributed by atoms with van der Waals surface area (Å²) in [5.74, 6) is -0.439. The van der Waals surface area contributed by atoms with E-state index >= 15 is 0 Å². The molecule has 0 amide bonds. The van der Waals surface area contributed by atoms with E-state index in [9.17, 15) is 9.36 Å². The van der Waals surface area contributed by atoms with E-state index in [1.54, 1.807) is 6.92 Å². The Balaban J connectivity index is 2.26. The average Bonchev–Trinajstić information content (AvgIpc) is 2.71.